The van der Waals surface area contributed by atoms with Gasteiger partial charge >= 0.3 is 5.97 Å². The average molecular weight is 356 g/mol. The third-order valence-corrected chi connectivity index (χ3v) is 5.13. The van der Waals surface area contributed by atoms with Crippen LogP contribution in [0.5, 0.6) is 0 Å². The van der Waals surface area contributed by atoms with Crippen LogP contribution in [0.4, 0.5) is 0 Å². The van der Waals surface area contributed by atoms with E-state index in [0.717, 1.165) is 24.8 Å². The highest BCUT2D eigenvalue weighted by Crippen LogP contribution is 2.36. The Balaban J connectivity index is 1.63. The second-order valence-corrected chi connectivity index (χ2v) is 6.99. The minimum absolute atomic E-state index is 0.0812. The summed E-state index contributed by atoms with van der Waals surface area (Å²) in [4.78, 5) is 28.4. The summed E-state index contributed by atoms with van der Waals surface area (Å²) in [5.41, 5.74) is 0.603. The number of aryl methyl sites for hydroxylation is 1. The Kier molecular flexibility index (Phi) is 5.40. The lowest BCUT2D eigenvalue weighted by molar-refractivity contribution is -0.151. The van der Waals surface area contributed by atoms with E-state index in [2.05, 4.69) is 10.3 Å². The molecule has 0 unspecified atom stereocenters. The van der Waals surface area contributed by atoms with Gasteiger partial charge in [-0.3, -0.25) is 9.59 Å². The predicted molar refractivity (Wildman–Crippen MR) is 96.5 cm³/mol. The summed E-state index contributed by atoms with van der Waals surface area (Å²) >= 11 is 0. The fourth-order valence-corrected chi connectivity index (χ4v) is 3.47. The Morgan fingerprint density at radius 1 is 1.19 bits per heavy atom. The van der Waals surface area contributed by atoms with Crippen LogP contribution in [0, 0.1) is 12.3 Å². The van der Waals surface area contributed by atoms with Crippen molar-refractivity contribution in [2.24, 2.45) is 5.41 Å². The van der Waals surface area contributed by atoms with Gasteiger partial charge in [0.05, 0.1) is 17.5 Å². The highest BCUT2D eigenvalue weighted by molar-refractivity contribution is 5.80. The van der Waals surface area contributed by atoms with E-state index in [4.69, 9.17) is 4.42 Å². The first-order valence-corrected chi connectivity index (χ1v) is 9.02. The molecule has 1 heterocycles. The Bertz CT molecular complexity index is 776. The summed E-state index contributed by atoms with van der Waals surface area (Å²) in [7, 11) is 0. The Hall–Kier alpha value is -2.63. The fourth-order valence-electron chi connectivity index (χ4n) is 3.47. The molecular weight excluding hydrogens is 332 g/mol. The van der Waals surface area contributed by atoms with Crippen molar-refractivity contribution in [3.63, 3.8) is 0 Å². The molecule has 0 bridgehead atoms. The molecule has 2 N–H and O–H groups in total. The van der Waals surface area contributed by atoms with Crippen LogP contribution in [0.15, 0.2) is 34.7 Å². The molecule has 0 aliphatic heterocycles. The maximum Gasteiger partial charge on any atom is 0.311 e. The van der Waals surface area contributed by atoms with Crippen LogP contribution in [-0.2, 0) is 16.0 Å². The SMILES string of the molecule is Cc1oc(-c2ccccc2)nc1CC(=O)NCC1(C(=O)O)CCCCC1. The molecule has 0 radical (unpaired) electrons. The molecule has 138 valence electrons. The van der Waals surface area contributed by atoms with Crippen LogP contribution < -0.4 is 5.32 Å². The topological polar surface area (TPSA) is 92.4 Å². The number of carbonyl (C=O) groups is 2. The summed E-state index contributed by atoms with van der Waals surface area (Å²) in [6.07, 6.45) is 4.16. The second kappa shape index (κ2) is 7.72. The molecule has 26 heavy (non-hydrogen) atoms. The second-order valence-electron chi connectivity index (χ2n) is 6.99. The highest BCUT2D eigenvalue weighted by Gasteiger charge is 2.39. The van der Waals surface area contributed by atoms with Gasteiger partial charge in [0, 0.05) is 12.1 Å². The zero-order valence-corrected chi connectivity index (χ0v) is 15.0. The Morgan fingerprint density at radius 2 is 1.88 bits per heavy atom. The number of aliphatic carboxylic acids is 1. The summed E-state index contributed by atoms with van der Waals surface area (Å²) < 4.78 is 5.67. The molecule has 0 atom stereocenters. The van der Waals surface area contributed by atoms with Crippen LogP contribution in [0.25, 0.3) is 11.5 Å². The fraction of sp³-hybridized carbons (Fsp3) is 0.450. The minimum Gasteiger partial charge on any atom is -0.481 e. The molecule has 0 saturated heterocycles. The van der Waals surface area contributed by atoms with Crippen LogP contribution in [0.2, 0.25) is 0 Å². The molecule has 1 aromatic carbocycles. The number of carbonyl (C=O) groups excluding carboxylic acids is 1. The summed E-state index contributed by atoms with van der Waals surface area (Å²) in [5, 5.41) is 12.4. The van der Waals surface area contributed by atoms with Gasteiger partial charge in [0.25, 0.3) is 0 Å². The van der Waals surface area contributed by atoms with Crippen molar-refractivity contribution >= 4 is 11.9 Å². The number of aromatic nitrogens is 1. The summed E-state index contributed by atoms with van der Waals surface area (Å²) in [6.45, 7) is 1.95. The maximum atomic E-state index is 12.3. The molecule has 1 amide bonds. The van der Waals surface area contributed by atoms with Crippen molar-refractivity contribution in [1.82, 2.24) is 10.3 Å². The number of benzene rings is 1. The van der Waals surface area contributed by atoms with Gasteiger partial charge in [0.15, 0.2) is 0 Å². The third kappa shape index (κ3) is 3.95. The summed E-state index contributed by atoms with van der Waals surface area (Å²) in [5.74, 6) is 0.0403. The largest absolute Gasteiger partial charge is 0.481 e. The van der Waals surface area contributed by atoms with Gasteiger partial charge < -0.3 is 14.8 Å². The Labute approximate surface area is 152 Å². The molecule has 1 fully saturated rings. The van der Waals surface area contributed by atoms with Crippen LogP contribution in [-0.4, -0.2) is 28.5 Å². The van der Waals surface area contributed by atoms with Gasteiger partial charge in [0.2, 0.25) is 11.8 Å². The van der Waals surface area contributed by atoms with Crippen LogP contribution in [0.3, 0.4) is 0 Å². The van der Waals surface area contributed by atoms with E-state index < -0.39 is 11.4 Å². The van der Waals surface area contributed by atoms with Gasteiger partial charge in [-0.05, 0) is 31.9 Å². The average Bonchev–Trinajstić information content (AvgIpc) is 3.02. The van der Waals surface area contributed by atoms with Crippen molar-refractivity contribution in [3.05, 3.63) is 41.8 Å². The number of carboxylic acids is 1. The van der Waals surface area contributed by atoms with E-state index in [-0.39, 0.29) is 18.9 Å². The number of oxazole rings is 1. The quantitative estimate of drug-likeness (QED) is 0.828. The van der Waals surface area contributed by atoms with E-state index in [1.165, 1.54) is 0 Å². The summed E-state index contributed by atoms with van der Waals surface area (Å²) in [6, 6.07) is 9.51. The molecular formula is C20H24N2O4. The number of amides is 1. The van der Waals surface area contributed by atoms with E-state index in [1.54, 1.807) is 6.92 Å². The molecule has 0 spiro atoms. The van der Waals surface area contributed by atoms with Gasteiger partial charge in [-0.25, -0.2) is 4.98 Å². The predicted octanol–water partition coefficient (Wildman–Crippen LogP) is 3.34. The maximum absolute atomic E-state index is 12.3. The molecule has 1 aliphatic rings. The number of hydrogen-bond donors (Lipinski definition) is 2. The van der Waals surface area contributed by atoms with E-state index in [0.29, 0.717) is 30.2 Å². The zero-order chi connectivity index (χ0) is 18.6. The van der Waals surface area contributed by atoms with Gasteiger partial charge in [0.1, 0.15) is 5.76 Å². The van der Waals surface area contributed by atoms with Crippen molar-refractivity contribution in [1.29, 1.82) is 0 Å². The van der Waals surface area contributed by atoms with Crippen LogP contribution in [0.1, 0.15) is 43.6 Å². The number of nitrogens with zero attached hydrogens (tertiary/aromatic N) is 1. The number of rotatable bonds is 6. The van der Waals surface area contributed by atoms with Crippen molar-refractivity contribution in [2.75, 3.05) is 6.54 Å². The molecule has 1 aliphatic carbocycles. The third-order valence-electron chi connectivity index (χ3n) is 5.13. The number of nitrogens with one attached hydrogen (secondary N) is 1. The monoisotopic (exact) mass is 356 g/mol. The van der Waals surface area contributed by atoms with Crippen molar-refractivity contribution in [3.8, 4) is 11.5 Å². The van der Waals surface area contributed by atoms with E-state index in [1.807, 2.05) is 30.3 Å². The Morgan fingerprint density at radius 3 is 2.54 bits per heavy atom. The van der Waals surface area contributed by atoms with Crippen molar-refractivity contribution in [2.45, 2.75) is 45.4 Å². The standard InChI is InChI=1S/C20H24N2O4/c1-14-16(22-18(26-14)15-8-4-2-5-9-15)12-17(23)21-13-20(19(24)25)10-6-3-7-11-20/h2,4-5,8-9H,3,6-7,10-13H2,1H3,(H,21,23)(H,24,25). The minimum atomic E-state index is -0.831. The first-order chi connectivity index (χ1) is 12.5. The van der Waals surface area contributed by atoms with Gasteiger partial charge in [-0.15, -0.1) is 0 Å². The lowest BCUT2D eigenvalue weighted by atomic mass is 9.74. The normalized spacial score (nSPS) is 16.2. The van der Waals surface area contributed by atoms with Gasteiger partial charge in [-0.2, -0.15) is 0 Å². The number of carboxylic acid groups (broad SMARTS) is 1. The molecule has 2 aromatic rings. The first kappa shape index (κ1) is 18.2. The van der Waals surface area contributed by atoms with Crippen molar-refractivity contribution < 1.29 is 19.1 Å². The van der Waals surface area contributed by atoms with Crippen LogP contribution >= 0.6 is 0 Å². The molecule has 1 aromatic heterocycles. The lowest BCUT2D eigenvalue weighted by Crippen LogP contribution is -2.44. The smallest absolute Gasteiger partial charge is 0.311 e. The van der Waals surface area contributed by atoms with Gasteiger partial charge in [-0.1, -0.05) is 37.5 Å². The molecule has 3 rings (SSSR count). The first-order valence-electron chi connectivity index (χ1n) is 9.02. The highest BCUT2D eigenvalue weighted by atomic mass is 16.4. The molecule has 1 saturated carbocycles. The molecule has 6 nitrogen and oxygen atoms in total. The lowest BCUT2D eigenvalue weighted by Gasteiger charge is -2.33. The number of hydrogen-bond acceptors (Lipinski definition) is 4. The van der Waals surface area contributed by atoms with E-state index >= 15 is 0 Å². The zero-order valence-electron chi connectivity index (χ0n) is 15.0. The van der Waals surface area contributed by atoms with E-state index in [9.17, 15) is 14.7 Å². The molecule has 6 heteroatoms.